The quantitative estimate of drug-likeness (QED) is 0.931. The summed E-state index contributed by atoms with van der Waals surface area (Å²) >= 11 is 0. The Kier molecular flexibility index (Phi) is 4.40. The largest absolute Gasteiger partial charge is 0.487 e. The van der Waals surface area contributed by atoms with Crippen LogP contribution in [0, 0.1) is 6.92 Å². The van der Waals surface area contributed by atoms with Crippen molar-refractivity contribution < 1.29 is 14.3 Å². The van der Waals surface area contributed by atoms with Crippen molar-refractivity contribution in [1.82, 2.24) is 10.3 Å². The van der Waals surface area contributed by atoms with E-state index in [1.165, 1.54) is 11.1 Å². The summed E-state index contributed by atoms with van der Waals surface area (Å²) in [5, 5.41) is 2.97. The first-order valence-corrected chi connectivity index (χ1v) is 8.81. The van der Waals surface area contributed by atoms with Gasteiger partial charge in [0.25, 0.3) is 0 Å². The Hall–Kier alpha value is -2.40. The molecule has 0 radical (unpaired) electrons. The van der Waals surface area contributed by atoms with E-state index in [0.717, 1.165) is 36.3 Å². The molecule has 2 aromatic rings. The summed E-state index contributed by atoms with van der Waals surface area (Å²) in [5.41, 5.74) is 4.29. The number of hydrogen-bond donors (Lipinski definition) is 1. The molecule has 1 aromatic carbocycles. The molecule has 2 unspecified atom stereocenters. The molecule has 0 aliphatic carbocycles. The van der Waals surface area contributed by atoms with Crippen molar-refractivity contribution >= 4 is 5.91 Å². The Bertz CT molecular complexity index is 770. The minimum Gasteiger partial charge on any atom is -0.487 e. The summed E-state index contributed by atoms with van der Waals surface area (Å²) in [6.07, 6.45) is 4.00. The molecule has 4 rings (SSSR count). The zero-order valence-electron chi connectivity index (χ0n) is 14.3. The maximum absolute atomic E-state index is 12.1. The Morgan fingerprint density at radius 1 is 1.36 bits per heavy atom. The van der Waals surface area contributed by atoms with Crippen molar-refractivity contribution in [3.63, 3.8) is 0 Å². The first kappa shape index (κ1) is 16.1. The topological polar surface area (TPSA) is 60.5 Å². The highest BCUT2D eigenvalue weighted by Crippen LogP contribution is 2.39. The number of rotatable bonds is 4. The number of carbonyl (C=O) groups is 1. The van der Waals surface area contributed by atoms with E-state index in [2.05, 4.69) is 29.4 Å². The predicted molar refractivity (Wildman–Crippen MR) is 94.5 cm³/mol. The molecule has 0 bridgehead atoms. The van der Waals surface area contributed by atoms with Crippen molar-refractivity contribution in [2.45, 2.75) is 38.4 Å². The average Bonchev–Trinajstić information content (AvgIpc) is 3.29. The Morgan fingerprint density at radius 3 is 3.04 bits per heavy atom. The second kappa shape index (κ2) is 6.84. The number of fused-ring (bicyclic) bond motifs is 1. The highest BCUT2D eigenvalue weighted by Gasteiger charge is 2.29. The van der Waals surface area contributed by atoms with Crippen molar-refractivity contribution in [3.8, 4) is 17.0 Å². The van der Waals surface area contributed by atoms with Crippen LogP contribution in [-0.2, 0) is 16.0 Å². The molecule has 2 aliphatic rings. The van der Waals surface area contributed by atoms with Gasteiger partial charge in [0.15, 0.2) is 0 Å². The van der Waals surface area contributed by atoms with Crippen LogP contribution in [0.3, 0.4) is 0 Å². The molecule has 0 saturated carbocycles. The molecule has 2 atom stereocenters. The van der Waals surface area contributed by atoms with Gasteiger partial charge in [-0.3, -0.25) is 9.78 Å². The number of benzene rings is 1. The Morgan fingerprint density at radius 2 is 2.28 bits per heavy atom. The third kappa shape index (κ3) is 3.37. The maximum Gasteiger partial charge on any atom is 0.249 e. The number of nitrogens with one attached hydrogen (secondary N) is 1. The van der Waals surface area contributed by atoms with Gasteiger partial charge < -0.3 is 14.8 Å². The summed E-state index contributed by atoms with van der Waals surface area (Å²) < 4.78 is 11.6. The van der Waals surface area contributed by atoms with E-state index in [1.807, 2.05) is 18.2 Å². The lowest BCUT2D eigenvalue weighted by atomic mass is 10.0. The first-order valence-electron chi connectivity index (χ1n) is 8.81. The maximum atomic E-state index is 12.1. The third-order valence-electron chi connectivity index (χ3n) is 4.71. The van der Waals surface area contributed by atoms with E-state index < -0.39 is 0 Å². The average molecular weight is 338 g/mol. The number of ether oxygens (including phenoxy) is 2. The van der Waals surface area contributed by atoms with E-state index in [0.29, 0.717) is 13.2 Å². The smallest absolute Gasteiger partial charge is 0.249 e. The summed E-state index contributed by atoms with van der Waals surface area (Å²) in [5.74, 6) is 0.860. The van der Waals surface area contributed by atoms with Gasteiger partial charge in [0.2, 0.25) is 5.91 Å². The number of carbonyl (C=O) groups excluding carboxylic acids is 1. The second-order valence-corrected chi connectivity index (χ2v) is 6.71. The normalized spacial score (nSPS) is 21.6. The lowest BCUT2D eigenvalue weighted by Gasteiger charge is -2.15. The molecule has 2 aliphatic heterocycles. The molecule has 1 aromatic heterocycles. The zero-order chi connectivity index (χ0) is 17.2. The number of nitrogens with zero attached hydrogens (tertiary/aromatic N) is 1. The van der Waals surface area contributed by atoms with Crippen LogP contribution in [0.1, 0.15) is 24.0 Å². The molecule has 5 heteroatoms. The van der Waals surface area contributed by atoms with Crippen LogP contribution in [0.15, 0.2) is 36.5 Å². The van der Waals surface area contributed by atoms with Crippen LogP contribution in [0.25, 0.3) is 11.3 Å². The Balaban J connectivity index is 1.48. The molecule has 0 spiro atoms. The standard InChI is InChI=1S/C20H22N2O3/c1-13-9-14-11-15(12-22-20(23)18-6-4-8-24-18)25-19(14)16(10-13)17-5-2-3-7-21-17/h2-3,5,7,9-10,15,18H,4,6,8,11-12H2,1H3,(H,22,23). The van der Waals surface area contributed by atoms with Gasteiger partial charge in [0, 0.05) is 24.8 Å². The number of aromatic nitrogens is 1. The third-order valence-corrected chi connectivity index (χ3v) is 4.71. The molecular weight excluding hydrogens is 316 g/mol. The first-order chi connectivity index (χ1) is 12.2. The molecule has 130 valence electrons. The van der Waals surface area contributed by atoms with Gasteiger partial charge in [-0.05, 0) is 49.1 Å². The van der Waals surface area contributed by atoms with Gasteiger partial charge in [-0.25, -0.2) is 0 Å². The molecule has 25 heavy (non-hydrogen) atoms. The van der Waals surface area contributed by atoms with Crippen molar-refractivity contribution in [3.05, 3.63) is 47.7 Å². The summed E-state index contributed by atoms with van der Waals surface area (Å²) in [4.78, 5) is 16.6. The number of amides is 1. The van der Waals surface area contributed by atoms with E-state index in [1.54, 1.807) is 6.20 Å². The van der Waals surface area contributed by atoms with Crippen LogP contribution >= 0.6 is 0 Å². The van der Waals surface area contributed by atoms with Crippen LogP contribution in [0.2, 0.25) is 0 Å². The summed E-state index contributed by atoms with van der Waals surface area (Å²) in [7, 11) is 0. The van der Waals surface area contributed by atoms with E-state index >= 15 is 0 Å². The Labute approximate surface area is 147 Å². The van der Waals surface area contributed by atoms with Crippen LogP contribution in [0.5, 0.6) is 5.75 Å². The zero-order valence-corrected chi connectivity index (χ0v) is 14.3. The molecule has 1 amide bonds. The fourth-order valence-electron chi connectivity index (χ4n) is 3.53. The summed E-state index contributed by atoms with van der Waals surface area (Å²) in [6.45, 7) is 3.25. The molecule has 3 heterocycles. The van der Waals surface area contributed by atoms with Crippen molar-refractivity contribution in [1.29, 1.82) is 0 Å². The van der Waals surface area contributed by atoms with Gasteiger partial charge in [-0.1, -0.05) is 12.1 Å². The van der Waals surface area contributed by atoms with Gasteiger partial charge >= 0.3 is 0 Å². The van der Waals surface area contributed by atoms with Crippen LogP contribution in [-0.4, -0.2) is 36.3 Å². The minimum atomic E-state index is -0.296. The fraction of sp³-hybridized carbons (Fsp3) is 0.400. The van der Waals surface area contributed by atoms with Crippen LogP contribution in [0.4, 0.5) is 0 Å². The molecule has 1 fully saturated rings. The van der Waals surface area contributed by atoms with Crippen molar-refractivity contribution in [2.24, 2.45) is 0 Å². The fourth-order valence-corrected chi connectivity index (χ4v) is 3.53. The number of aryl methyl sites for hydroxylation is 1. The van der Waals surface area contributed by atoms with E-state index in [9.17, 15) is 4.79 Å². The van der Waals surface area contributed by atoms with Gasteiger partial charge in [0.1, 0.15) is 18.0 Å². The SMILES string of the molecule is Cc1cc2c(c(-c3ccccn3)c1)OC(CNC(=O)C1CCCO1)C2. The number of hydrogen-bond acceptors (Lipinski definition) is 4. The summed E-state index contributed by atoms with van der Waals surface area (Å²) in [6, 6.07) is 10.1. The van der Waals surface area contributed by atoms with E-state index in [4.69, 9.17) is 9.47 Å². The molecule has 1 saturated heterocycles. The monoisotopic (exact) mass is 338 g/mol. The van der Waals surface area contributed by atoms with Crippen molar-refractivity contribution in [2.75, 3.05) is 13.2 Å². The van der Waals surface area contributed by atoms with Crippen LogP contribution < -0.4 is 10.1 Å². The van der Waals surface area contributed by atoms with Gasteiger partial charge in [-0.2, -0.15) is 0 Å². The number of pyridine rings is 1. The highest BCUT2D eigenvalue weighted by molar-refractivity contribution is 5.81. The van der Waals surface area contributed by atoms with Gasteiger partial charge in [0.05, 0.1) is 12.2 Å². The molecule has 5 nitrogen and oxygen atoms in total. The second-order valence-electron chi connectivity index (χ2n) is 6.71. The lowest BCUT2D eigenvalue weighted by molar-refractivity contribution is -0.130. The molecule has 1 N–H and O–H groups in total. The van der Waals surface area contributed by atoms with E-state index in [-0.39, 0.29) is 18.1 Å². The lowest BCUT2D eigenvalue weighted by Crippen LogP contribution is -2.40. The minimum absolute atomic E-state index is 0.0295. The molecular formula is C20H22N2O3. The highest BCUT2D eigenvalue weighted by atomic mass is 16.5. The van der Waals surface area contributed by atoms with Gasteiger partial charge in [-0.15, -0.1) is 0 Å². The predicted octanol–water partition coefficient (Wildman–Crippen LogP) is 2.66.